The number of carboxylic acids is 1. The normalized spacial score (nSPS) is 41.3. The highest BCUT2D eigenvalue weighted by atomic mass is 16.7. The first-order valence-corrected chi connectivity index (χ1v) is 12.0. The molecule has 4 N–H and O–H groups in total. The standard InChI is InChI=1S/C25H32O9/c1-25-8-7-12-13(15(25)5-6-18(25)26)4-3-11-9-17(16(32-2)10-14(11)12)33-24-21(29)19(27)20(28)22(34-24)23(30)31/h9-10,12-13,15,19-22,24,27-29H,3-8H2,1-2H3,(H,30,31). The van der Waals surface area contributed by atoms with Gasteiger partial charge in [-0.15, -0.1) is 0 Å². The number of methoxy groups -OCH3 is 1. The largest absolute Gasteiger partial charge is 0.493 e. The van der Waals surface area contributed by atoms with Crippen LogP contribution in [0.4, 0.5) is 0 Å². The molecule has 0 spiro atoms. The summed E-state index contributed by atoms with van der Waals surface area (Å²) in [7, 11) is 1.50. The molecule has 5 rings (SSSR count). The third kappa shape index (κ3) is 3.52. The molecule has 3 fully saturated rings. The molecule has 0 radical (unpaired) electrons. The second-order valence-electron chi connectivity index (χ2n) is 10.4. The van der Waals surface area contributed by atoms with Gasteiger partial charge in [0.05, 0.1) is 7.11 Å². The van der Waals surface area contributed by atoms with Gasteiger partial charge in [0.15, 0.2) is 17.6 Å². The van der Waals surface area contributed by atoms with Gasteiger partial charge in [-0.25, -0.2) is 4.79 Å². The Balaban J connectivity index is 1.42. The first kappa shape index (κ1) is 23.5. The van der Waals surface area contributed by atoms with Crippen molar-refractivity contribution < 1.29 is 44.2 Å². The van der Waals surface area contributed by atoms with Gasteiger partial charge in [-0.3, -0.25) is 4.79 Å². The molecule has 9 atom stereocenters. The molecule has 34 heavy (non-hydrogen) atoms. The molecule has 3 aliphatic carbocycles. The van der Waals surface area contributed by atoms with Crippen LogP contribution in [0.3, 0.4) is 0 Å². The van der Waals surface area contributed by atoms with E-state index >= 15 is 0 Å². The maximum absolute atomic E-state index is 12.6. The summed E-state index contributed by atoms with van der Waals surface area (Å²) in [5.41, 5.74) is 2.07. The Labute approximate surface area is 197 Å². The van der Waals surface area contributed by atoms with E-state index in [1.165, 1.54) is 12.7 Å². The van der Waals surface area contributed by atoms with E-state index in [0.29, 0.717) is 35.7 Å². The lowest BCUT2D eigenvalue weighted by atomic mass is 9.55. The zero-order chi connectivity index (χ0) is 24.4. The molecule has 0 aromatic heterocycles. The predicted octanol–water partition coefficient (Wildman–Crippen LogP) is 1.39. The van der Waals surface area contributed by atoms with E-state index in [-0.39, 0.29) is 11.2 Å². The number of hydrogen-bond donors (Lipinski definition) is 4. The van der Waals surface area contributed by atoms with Crippen molar-refractivity contribution in [2.45, 2.75) is 82.1 Å². The first-order valence-electron chi connectivity index (χ1n) is 12.0. The van der Waals surface area contributed by atoms with Gasteiger partial charge in [0.1, 0.15) is 24.1 Å². The summed E-state index contributed by atoms with van der Waals surface area (Å²) < 4.78 is 16.7. The van der Waals surface area contributed by atoms with Crippen molar-refractivity contribution in [1.82, 2.24) is 0 Å². The summed E-state index contributed by atoms with van der Waals surface area (Å²) in [5.74, 6) is 0.810. The van der Waals surface area contributed by atoms with E-state index in [0.717, 1.165) is 37.7 Å². The summed E-state index contributed by atoms with van der Waals surface area (Å²) >= 11 is 0. The van der Waals surface area contributed by atoms with Gasteiger partial charge in [0.25, 0.3) is 0 Å². The lowest BCUT2D eigenvalue weighted by molar-refractivity contribution is -0.271. The quantitative estimate of drug-likeness (QED) is 0.507. The summed E-state index contributed by atoms with van der Waals surface area (Å²) in [6, 6.07) is 3.78. The van der Waals surface area contributed by atoms with Crippen molar-refractivity contribution in [3.63, 3.8) is 0 Å². The van der Waals surface area contributed by atoms with Crippen LogP contribution < -0.4 is 9.47 Å². The number of carbonyl (C=O) groups is 2. The number of carbonyl (C=O) groups excluding carboxylic acids is 1. The topological polar surface area (TPSA) is 143 Å². The number of rotatable bonds is 4. The molecule has 0 amide bonds. The molecule has 0 bridgehead atoms. The Kier molecular flexibility index (Phi) is 5.87. The summed E-state index contributed by atoms with van der Waals surface area (Å²) in [6.07, 6.45) is -3.16. The van der Waals surface area contributed by atoms with Crippen LogP contribution in [-0.4, -0.2) is 70.0 Å². The molecule has 2 saturated carbocycles. The van der Waals surface area contributed by atoms with Gasteiger partial charge in [-0.2, -0.15) is 0 Å². The number of ketones is 1. The van der Waals surface area contributed by atoms with Crippen molar-refractivity contribution in [2.24, 2.45) is 17.3 Å². The van der Waals surface area contributed by atoms with Crippen molar-refractivity contribution in [2.75, 3.05) is 7.11 Å². The van der Waals surface area contributed by atoms with Gasteiger partial charge < -0.3 is 34.6 Å². The number of benzene rings is 1. The minimum atomic E-state index is -1.78. The summed E-state index contributed by atoms with van der Waals surface area (Å²) in [5, 5.41) is 39.6. The number of hydrogen-bond acceptors (Lipinski definition) is 8. The second-order valence-corrected chi connectivity index (χ2v) is 10.4. The third-order valence-corrected chi connectivity index (χ3v) is 8.77. The van der Waals surface area contributed by atoms with Crippen LogP contribution in [0.1, 0.15) is 56.1 Å². The van der Waals surface area contributed by atoms with E-state index < -0.39 is 36.7 Å². The molecule has 9 heteroatoms. The van der Waals surface area contributed by atoms with E-state index in [9.17, 15) is 30.0 Å². The Morgan fingerprint density at radius 2 is 1.82 bits per heavy atom. The lowest BCUT2D eigenvalue weighted by Gasteiger charge is -2.48. The minimum absolute atomic E-state index is 0.202. The van der Waals surface area contributed by atoms with Gasteiger partial charge in [-0.05, 0) is 73.1 Å². The molecular weight excluding hydrogens is 444 g/mol. The number of aliphatic carboxylic acids is 1. The van der Waals surface area contributed by atoms with E-state index in [1.807, 2.05) is 12.1 Å². The van der Waals surface area contributed by atoms with Crippen LogP contribution in [-0.2, 0) is 20.7 Å². The van der Waals surface area contributed by atoms with E-state index in [2.05, 4.69) is 6.92 Å². The minimum Gasteiger partial charge on any atom is -0.493 e. The van der Waals surface area contributed by atoms with Gasteiger partial charge in [0, 0.05) is 11.8 Å². The molecule has 9 unspecified atom stereocenters. The predicted molar refractivity (Wildman–Crippen MR) is 118 cm³/mol. The molecule has 1 aromatic rings. The molecule has 1 saturated heterocycles. The lowest BCUT2D eigenvalue weighted by Crippen LogP contribution is -2.61. The molecule has 1 aromatic carbocycles. The molecule has 4 aliphatic rings. The number of aryl methyl sites for hydroxylation is 1. The van der Waals surface area contributed by atoms with Crippen molar-refractivity contribution in [3.8, 4) is 11.5 Å². The van der Waals surface area contributed by atoms with Crippen molar-refractivity contribution in [1.29, 1.82) is 0 Å². The Hall–Kier alpha value is -2.20. The number of fused-ring (bicyclic) bond motifs is 5. The van der Waals surface area contributed by atoms with Crippen LogP contribution in [0.25, 0.3) is 0 Å². The first-order chi connectivity index (χ1) is 16.2. The highest BCUT2D eigenvalue weighted by Crippen LogP contribution is 2.60. The number of ether oxygens (including phenoxy) is 3. The average molecular weight is 477 g/mol. The molecule has 9 nitrogen and oxygen atoms in total. The fourth-order valence-corrected chi connectivity index (χ4v) is 6.87. The van der Waals surface area contributed by atoms with Crippen LogP contribution in [0.2, 0.25) is 0 Å². The van der Waals surface area contributed by atoms with E-state index in [4.69, 9.17) is 14.2 Å². The summed E-state index contributed by atoms with van der Waals surface area (Å²) in [4.78, 5) is 24.0. The second kappa shape index (κ2) is 8.48. The van der Waals surface area contributed by atoms with Crippen molar-refractivity contribution in [3.05, 3.63) is 23.3 Å². The fraction of sp³-hybridized carbons (Fsp3) is 0.680. The number of aliphatic hydroxyl groups excluding tert-OH is 3. The van der Waals surface area contributed by atoms with Crippen LogP contribution in [0.15, 0.2) is 12.1 Å². The third-order valence-electron chi connectivity index (χ3n) is 8.77. The molecule has 1 heterocycles. The highest BCUT2D eigenvalue weighted by Gasteiger charge is 2.55. The van der Waals surface area contributed by atoms with Crippen LogP contribution >= 0.6 is 0 Å². The molecule has 1 aliphatic heterocycles. The number of carboxylic acid groups (broad SMARTS) is 1. The van der Waals surface area contributed by atoms with E-state index in [1.54, 1.807) is 0 Å². The maximum atomic E-state index is 12.6. The van der Waals surface area contributed by atoms with Crippen LogP contribution in [0, 0.1) is 17.3 Å². The Morgan fingerprint density at radius 3 is 2.53 bits per heavy atom. The monoisotopic (exact) mass is 476 g/mol. The SMILES string of the molecule is COc1cc2c(cc1OC1OC(C(=O)O)C(O)C(O)C1O)CCC1C2CCC2(C)C(=O)CCC12. The van der Waals surface area contributed by atoms with Gasteiger partial charge in [-0.1, -0.05) is 6.92 Å². The molecular formula is C25H32O9. The average Bonchev–Trinajstić information content (AvgIpc) is 3.12. The molecule has 186 valence electrons. The van der Waals surface area contributed by atoms with Gasteiger partial charge >= 0.3 is 5.97 Å². The zero-order valence-corrected chi connectivity index (χ0v) is 19.3. The Bertz CT molecular complexity index is 993. The Morgan fingerprint density at radius 1 is 1.06 bits per heavy atom. The summed E-state index contributed by atoms with van der Waals surface area (Å²) in [6.45, 7) is 2.14. The van der Waals surface area contributed by atoms with Crippen LogP contribution in [0.5, 0.6) is 11.5 Å². The zero-order valence-electron chi connectivity index (χ0n) is 19.3. The smallest absolute Gasteiger partial charge is 0.335 e. The number of aliphatic hydroxyl groups is 3. The highest BCUT2D eigenvalue weighted by molar-refractivity contribution is 5.87. The van der Waals surface area contributed by atoms with Gasteiger partial charge in [0.2, 0.25) is 6.29 Å². The van der Waals surface area contributed by atoms with Crippen molar-refractivity contribution >= 4 is 11.8 Å². The maximum Gasteiger partial charge on any atom is 0.335 e. The number of Topliss-reactive ketones (excluding diaryl/α,β-unsaturated/α-hetero) is 1. The fourth-order valence-electron chi connectivity index (χ4n) is 6.87.